The monoisotopic (exact) mass is 286 g/mol. The minimum atomic E-state index is -4.20. The molecule has 1 aliphatic rings. The third-order valence-electron chi connectivity index (χ3n) is 2.88. The molecule has 0 bridgehead atoms. The SMILES string of the molecule is O=C(CCCC1CCCO1)COCC(F)(F)C(F)F. The molecule has 0 aliphatic carbocycles. The zero-order valence-corrected chi connectivity index (χ0v) is 10.5. The number of Topliss-reactive ketones (excluding diaryl/α,β-unsaturated/α-hetero) is 1. The Kier molecular flexibility index (Phi) is 6.71. The van der Waals surface area contributed by atoms with E-state index in [2.05, 4.69) is 4.74 Å². The number of carbonyl (C=O) groups is 1. The van der Waals surface area contributed by atoms with Gasteiger partial charge in [-0.15, -0.1) is 0 Å². The topological polar surface area (TPSA) is 35.5 Å². The first-order chi connectivity index (χ1) is 8.92. The molecular formula is C12H18F4O3. The minimum Gasteiger partial charge on any atom is -0.378 e. The average molecular weight is 286 g/mol. The highest BCUT2D eigenvalue weighted by molar-refractivity contribution is 5.79. The van der Waals surface area contributed by atoms with Gasteiger partial charge in [-0.05, 0) is 25.7 Å². The van der Waals surface area contributed by atoms with Crippen molar-refractivity contribution in [1.29, 1.82) is 0 Å². The van der Waals surface area contributed by atoms with Crippen molar-refractivity contribution < 1.29 is 31.8 Å². The van der Waals surface area contributed by atoms with Crippen LogP contribution in [0.2, 0.25) is 0 Å². The molecule has 112 valence electrons. The van der Waals surface area contributed by atoms with E-state index in [9.17, 15) is 22.4 Å². The molecule has 1 unspecified atom stereocenters. The summed E-state index contributed by atoms with van der Waals surface area (Å²) >= 11 is 0. The second-order valence-corrected chi connectivity index (χ2v) is 4.62. The summed E-state index contributed by atoms with van der Waals surface area (Å²) in [5, 5.41) is 0. The van der Waals surface area contributed by atoms with Crippen molar-refractivity contribution >= 4 is 5.78 Å². The molecule has 1 heterocycles. The van der Waals surface area contributed by atoms with Crippen molar-refractivity contribution in [2.45, 2.75) is 50.6 Å². The summed E-state index contributed by atoms with van der Waals surface area (Å²) in [6.45, 7) is -1.24. The molecule has 0 spiro atoms. The van der Waals surface area contributed by atoms with Crippen LogP contribution in [0, 0.1) is 0 Å². The molecule has 7 heteroatoms. The van der Waals surface area contributed by atoms with E-state index in [-0.39, 0.29) is 18.3 Å². The van der Waals surface area contributed by atoms with Gasteiger partial charge in [-0.25, -0.2) is 8.78 Å². The van der Waals surface area contributed by atoms with Gasteiger partial charge in [0.1, 0.15) is 13.2 Å². The zero-order valence-electron chi connectivity index (χ0n) is 10.5. The van der Waals surface area contributed by atoms with Gasteiger partial charge in [0.05, 0.1) is 6.10 Å². The van der Waals surface area contributed by atoms with Gasteiger partial charge in [0.2, 0.25) is 0 Å². The first-order valence-electron chi connectivity index (χ1n) is 6.29. The van der Waals surface area contributed by atoms with Crippen LogP contribution in [0.4, 0.5) is 17.6 Å². The normalized spacial score (nSPS) is 20.2. The van der Waals surface area contributed by atoms with Gasteiger partial charge in [0.15, 0.2) is 5.78 Å². The fourth-order valence-electron chi connectivity index (χ4n) is 1.84. The molecule has 19 heavy (non-hydrogen) atoms. The van der Waals surface area contributed by atoms with Gasteiger partial charge in [0, 0.05) is 13.0 Å². The number of ketones is 1. The van der Waals surface area contributed by atoms with Gasteiger partial charge in [-0.2, -0.15) is 8.78 Å². The molecular weight excluding hydrogens is 268 g/mol. The first-order valence-corrected chi connectivity index (χ1v) is 6.29. The Morgan fingerprint density at radius 3 is 2.74 bits per heavy atom. The molecule has 0 aromatic heterocycles. The van der Waals surface area contributed by atoms with Gasteiger partial charge >= 0.3 is 12.3 Å². The summed E-state index contributed by atoms with van der Waals surface area (Å²) < 4.78 is 58.2. The minimum absolute atomic E-state index is 0.178. The van der Waals surface area contributed by atoms with Crippen LogP contribution in [0.5, 0.6) is 0 Å². The van der Waals surface area contributed by atoms with Crippen LogP contribution in [0.25, 0.3) is 0 Å². The Morgan fingerprint density at radius 1 is 1.42 bits per heavy atom. The van der Waals surface area contributed by atoms with E-state index in [1.165, 1.54) is 0 Å². The molecule has 0 aromatic carbocycles. The maximum atomic E-state index is 12.5. The smallest absolute Gasteiger partial charge is 0.330 e. The fourth-order valence-corrected chi connectivity index (χ4v) is 1.84. The van der Waals surface area contributed by atoms with E-state index in [4.69, 9.17) is 4.74 Å². The summed E-state index contributed by atoms with van der Waals surface area (Å²) in [4.78, 5) is 11.3. The number of halogens is 4. The van der Waals surface area contributed by atoms with Crippen molar-refractivity contribution in [3.63, 3.8) is 0 Å². The predicted molar refractivity (Wildman–Crippen MR) is 59.6 cm³/mol. The van der Waals surface area contributed by atoms with Crippen LogP contribution in [0.15, 0.2) is 0 Å². The van der Waals surface area contributed by atoms with Gasteiger partial charge in [-0.1, -0.05) is 0 Å². The summed E-state index contributed by atoms with van der Waals surface area (Å²) in [7, 11) is 0. The number of ether oxygens (including phenoxy) is 2. The number of carbonyl (C=O) groups excluding carboxylic acids is 1. The van der Waals surface area contributed by atoms with E-state index in [0.717, 1.165) is 25.9 Å². The third-order valence-corrected chi connectivity index (χ3v) is 2.88. The van der Waals surface area contributed by atoms with Gasteiger partial charge in [0.25, 0.3) is 0 Å². The molecule has 1 saturated heterocycles. The van der Waals surface area contributed by atoms with E-state index in [0.29, 0.717) is 6.42 Å². The van der Waals surface area contributed by atoms with Crippen molar-refractivity contribution in [2.75, 3.05) is 19.8 Å². The summed E-state index contributed by atoms with van der Waals surface area (Å²) in [5.41, 5.74) is 0. The largest absolute Gasteiger partial charge is 0.378 e. The molecule has 1 fully saturated rings. The second kappa shape index (κ2) is 7.79. The Hall–Kier alpha value is -0.690. The standard InChI is InChI=1S/C12H18F4O3/c13-11(14)12(15,16)8-18-7-9(17)3-1-4-10-5-2-6-19-10/h10-11H,1-8H2. The lowest BCUT2D eigenvalue weighted by Crippen LogP contribution is -2.33. The van der Waals surface area contributed by atoms with E-state index >= 15 is 0 Å². The molecule has 0 N–H and O–H groups in total. The lowest BCUT2D eigenvalue weighted by molar-refractivity contribution is -0.168. The molecule has 0 saturated carbocycles. The van der Waals surface area contributed by atoms with Crippen molar-refractivity contribution in [1.82, 2.24) is 0 Å². The predicted octanol–water partition coefficient (Wildman–Crippen LogP) is 2.82. The fraction of sp³-hybridized carbons (Fsp3) is 0.917. The quantitative estimate of drug-likeness (QED) is 0.611. The highest BCUT2D eigenvalue weighted by Gasteiger charge is 2.41. The molecule has 3 nitrogen and oxygen atoms in total. The number of hydrogen-bond acceptors (Lipinski definition) is 3. The van der Waals surface area contributed by atoms with Crippen molar-refractivity contribution in [3.8, 4) is 0 Å². The highest BCUT2D eigenvalue weighted by Crippen LogP contribution is 2.23. The Labute approximate surface area is 109 Å². The third kappa shape index (κ3) is 6.33. The highest BCUT2D eigenvalue weighted by atomic mass is 19.3. The van der Waals surface area contributed by atoms with Crippen LogP contribution in [0.3, 0.4) is 0 Å². The van der Waals surface area contributed by atoms with E-state index < -0.39 is 25.6 Å². The Balaban J connectivity index is 2.04. The van der Waals surface area contributed by atoms with Crippen molar-refractivity contribution in [2.24, 2.45) is 0 Å². The number of alkyl halides is 4. The van der Waals surface area contributed by atoms with Gasteiger partial charge in [-0.3, -0.25) is 4.79 Å². The first kappa shape index (κ1) is 16.4. The molecule has 0 radical (unpaired) electrons. The van der Waals surface area contributed by atoms with Crippen LogP contribution in [-0.2, 0) is 14.3 Å². The van der Waals surface area contributed by atoms with E-state index in [1.54, 1.807) is 0 Å². The van der Waals surface area contributed by atoms with Crippen LogP contribution in [0.1, 0.15) is 32.1 Å². The molecule has 0 aromatic rings. The summed E-state index contributed by atoms with van der Waals surface area (Å²) in [5.74, 6) is -4.55. The lowest BCUT2D eigenvalue weighted by atomic mass is 10.1. The lowest BCUT2D eigenvalue weighted by Gasteiger charge is -2.14. The number of rotatable bonds is 9. The zero-order chi connectivity index (χ0) is 14.3. The average Bonchev–Trinajstić information content (AvgIpc) is 2.81. The summed E-state index contributed by atoms with van der Waals surface area (Å²) in [6, 6.07) is 0. The Morgan fingerprint density at radius 2 is 2.16 bits per heavy atom. The van der Waals surface area contributed by atoms with Gasteiger partial charge < -0.3 is 9.47 Å². The maximum absolute atomic E-state index is 12.5. The molecule has 1 aliphatic heterocycles. The van der Waals surface area contributed by atoms with Crippen molar-refractivity contribution in [3.05, 3.63) is 0 Å². The van der Waals surface area contributed by atoms with Crippen LogP contribution < -0.4 is 0 Å². The van der Waals surface area contributed by atoms with Crippen LogP contribution in [-0.4, -0.2) is 44.1 Å². The van der Waals surface area contributed by atoms with E-state index in [1.807, 2.05) is 0 Å². The summed E-state index contributed by atoms with van der Waals surface area (Å²) in [6.07, 6.45) is -0.0635. The van der Waals surface area contributed by atoms with Crippen LogP contribution >= 0.6 is 0 Å². The molecule has 1 rings (SSSR count). The number of hydrogen-bond donors (Lipinski definition) is 0. The Bertz CT molecular complexity index is 278. The second-order valence-electron chi connectivity index (χ2n) is 4.62. The molecule has 0 amide bonds. The maximum Gasteiger partial charge on any atom is 0.330 e. The molecule has 1 atom stereocenters.